The lowest BCUT2D eigenvalue weighted by Gasteiger charge is -2.20. The van der Waals surface area contributed by atoms with Gasteiger partial charge in [-0.1, -0.05) is 12.1 Å². The number of nitrogens with zero attached hydrogens (tertiary/aromatic N) is 1. The van der Waals surface area contributed by atoms with Gasteiger partial charge in [-0.05, 0) is 49.2 Å². The summed E-state index contributed by atoms with van der Waals surface area (Å²) < 4.78 is 19.0. The number of ether oxygens (including phenoxy) is 1. The predicted octanol–water partition coefficient (Wildman–Crippen LogP) is 3.44. The second-order valence-corrected chi connectivity index (χ2v) is 6.53. The van der Waals surface area contributed by atoms with Gasteiger partial charge in [0.15, 0.2) is 0 Å². The van der Waals surface area contributed by atoms with E-state index in [1.165, 1.54) is 6.07 Å². The largest absolute Gasteiger partial charge is 0.495 e. The molecule has 2 amide bonds. The van der Waals surface area contributed by atoms with Crippen LogP contribution in [0, 0.1) is 25.6 Å². The predicted molar refractivity (Wildman–Crippen MR) is 98.0 cm³/mol. The highest BCUT2D eigenvalue weighted by Gasteiger charge is 2.36. The number of aryl methyl sites for hydroxylation is 2. The van der Waals surface area contributed by atoms with Gasteiger partial charge >= 0.3 is 0 Å². The van der Waals surface area contributed by atoms with Crippen LogP contribution in [0.2, 0.25) is 0 Å². The minimum Gasteiger partial charge on any atom is -0.495 e. The van der Waals surface area contributed by atoms with Gasteiger partial charge in [-0.25, -0.2) is 4.39 Å². The number of rotatable bonds is 4. The average Bonchev–Trinajstić information content (AvgIpc) is 3.00. The van der Waals surface area contributed by atoms with Gasteiger partial charge in [-0.15, -0.1) is 0 Å². The Morgan fingerprint density at radius 3 is 2.69 bits per heavy atom. The quantitative estimate of drug-likeness (QED) is 0.913. The Morgan fingerprint density at radius 2 is 2.00 bits per heavy atom. The standard InChI is InChI=1S/C20H21FN2O3/c1-12-4-7-18(26-3)17(8-12)23-11-14(9-19(23)24)20(25)22-15-6-5-13(2)16(21)10-15/h4-8,10,14H,9,11H2,1-3H3,(H,22,25). The molecule has 0 radical (unpaired) electrons. The van der Waals surface area contributed by atoms with Crippen molar-refractivity contribution in [1.82, 2.24) is 0 Å². The molecule has 6 heteroatoms. The normalized spacial score (nSPS) is 16.7. The van der Waals surface area contributed by atoms with E-state index in [0.29, 0.717) is 22.7 Å². The molecule has 0 aromatic heterocycles. The minimum absolute atomic E-state index is 0.108. The van der Waals surface area contributed by atoms with Crippen LogP contribution >= 0.6 is 0 Å². The molecular weight excluding hydrogens is 335 g/mol. The van der Waals surface area contributed by atoms with Gasteiger partial charge in [-0.2, -0.15) is 0 Å². The van der Waals surface area contributed by atoms with E-state index >= 15 is 0 Å². The monoisotopic (exact) mass is 356 g/mol. The molecule has 0 spiro atoms. The first-order chi connectivity index (χ1) is 12.4. The Morgan fingerprint density at radius 1 is 1.23 bits per heavy atom. The second kappa shape index (κ2) is 7.15. The first-order valence-electron chi connectivity index (χ1n) is 8.41. The lowest BCUT2D eigenvalue weighted by atomic mass is 10.1. The maximum Gasteiger partial charge on any atom is 0.229 e. The molecule has 1 fully saturated rings. The summed E-state index contributed by atoms with van der Waals surface area (Å²) in [5.41, 5.74) is 2.56. The zero-order valence-electron chi connectivity index (χ0n) is 15.0. The molecular formula is C20H21FN2O3. The summed E-state index contributed by atoms with van der Waals surface area (Å²) in [5.74, 6) is -0.723. The number of carbonyl (C=O) groups is 2. The number of hydrogen-bond acceptors (Lipinski definition) is 3. The third-order valence-corrected chi connectivity index (χ3v) is 4.56. The first kappa shape index (κ1) is 17.9. The third kappa shape index (κ3) is 3.54. The molecule has 1 saturated heterocycles. The van der Waals surface area contributed by atoms with Gasteiger partial charge in [0.05, 0.1) is 18.7 Å². The van der Waals surface area contributed by atoms with Crippen LogP contribution in [0.5, 0.6) is 5.75 Å². The Labute approximate surface area is 151 Å². The second-order valence-electron chi connectivity index (χ2n) is 6.53. The molecule has 5 nitrogen and oxygen atoms in total. The van der Waals surface area contributed by atoms with Crippen molar-refractivity contribution in [3.05, 3.63) is 53.3 Å². The summed E-state index contributed by atoms with van der Waals surface area (Å²) in [6, 6.07) is 10.1. The molecule has 26 heavy (non-hydrogen) atoms. The molecule has 1 heterocycles. The fourth-order valence-corrected chi connectivity index (χ4v) is 3.04. The van der Waals surface area contributed by atoms with Crippen molar-refractivity contribution in [1.29, 1.82) is 0 Å². The van der Waals surface area contributed by atoms with Crippen LogP contribution in [-0.4, -0.2) is 25.5 Å². The van der Waals surface area contributed by atoms with E-state index < -0.39 is 5.92 Å². The summed E-state index contributed by atoms with van der Waals surface area (Å²) in [6.45, 7) is 3.85. The molecule has 1 unspecified atom stereocenters. The lowest BCUT2D eigenvalue weighted by Crippen LogP contribution is -2.28. The summed E-state index contributed by atoms with van der Waals surface area (Å²) >= 11 is 0. The van der Waals surface area contributed by atoms with E-state index in [4.69, 9.17) is 4.74 Å². The lowest BCUT2D eigenvalue weighted by molar-refractivity contribution is -0.122. The van der Waals surface area contributed by atoms with Crippen LogP contribution in [0.4, 0.5) is 15.8 Å². The van der Waals surface area contributed by atoms with Gasteiger partial charge in [0.2, 0.25) is 11.8 Å². The van der Waals surface area contributed by atoms with Crippen LogP contribution < -0.4 is 15.0 Å². The van der Waals surface area contributed by atoms with Crippen molar-refractivity contribution in [2.45, 2.75) is 20.3 Å². The Kier molecular flexibility index (Phi) is 4.93. The smallest absolute Gasteiger partial charge is 0.229 e. The first-order valence-corrected chi connectivity index (χ1v) is 8.41. The number of methoxy groups -OCH3 is 1. The van der Waals surface area contributed by atoms with E-state index in [9.17, 15) is 14.0 Å². The van der Waals surface area contributed by atoms with Crippen LogP contribution in [0.15, 0.2) is 36.4 Å². The van der Waals surface area contributed by atoms with Crippen LogP contribution in [-0.2, 0) is 9.59 Å². The average molecular weight is 356 g/mol. The molecule has 0 aliphatic carbocycles. The van der Waals surface area contributed by atoms with Crippen LogP contribution in [0.25, 0.3) is 0 Å². The van der Waals surface area contributed by atoms with Gasteiger partial charge in [-0.3, -0.25) is 9.59 Å². The van der Waals surface area contributed by atoms with Crippen LogP contribution in [0.3, 0.4) is 0 Å². The van der Waals surface area contributed by atoms with Gasteiger partial charge in [0.1, 0.15) is 11.6 Å². The number of hydrogen-bond donors (Lipinski definition) is 1. The fourth-order valence-electron chi connectivity index (χ4n) is 3.04. The number of nitrogens with one attached hydrogen (secondary N) is 1. The maximum atomic E-state index is 13.6. The van der Waals surface area contributed by atoms with Gasteiger partial charge < -0.3 is 15.0 Å². The van der Waals surface area contributed by atoms with Crippen molar-refractivity contribution in [3.63, 3.8) is 0 Å². The van der Waals surface area contributed by atoms with Gasteiger partial charge in [0, 0.05) is 18.7 Å². The minimum atomic E-state index is -0.503. The summed E-state index contributed by atoms with van der Waals surface area (Å²) in [5, 5.41) is 2.70. The van der Waals surface area contributed by atoms with Crippen LogP contribution in [0.1, 0.15) is 17.5 Å². The number of benzene rings is 2. The number of carbonyl (C=O) groups excluding carboxylic acids is 2. The van der Waals surface area contributed by atoms with E-state index in [1.807, 2.05) is 19.1 Å². The van der Waals surface area contributed by atoms with E-state index in [2.05, 4.69) is 5.32 Å². The van der Waals surface area contributed by atoms with E-state index in [1.54, 1.807) is 37.1 Å². The molecule has 1 N–H and O–H groups in total. The SMILES string of the molecule is COc1ccc(C)cc1N1CC(C(=O)Nc2ccc(C)c(F)c2)CC1=O. The highest BCUT2D eigenvalue weighted by molar-refractivity contribution is 6.04. The number of halogens is 1. The Balaban J connectivity index is 1.76. The third-order valence-electron chi connectivity index (χ3n) is 4.56. The summed E-state index contributed by atoms with van der Waals surface area (Å²) in [4.78, 5) is 26.5. The number of anilines is 2. The molecule has 1 aliphatic heterocycles. The van der Waals surface area contributed by atoms with Crippen molar-refractivity contribution in [2.75, 3.05) is 23.9 Å². The number of amides is 2. The van der Waals surface area contributed by atoms with Crippen molar-refractivity contribution in [2.24, 2.45) is 5.92 Å². The molecule has 1 atom stereocenters. The van der Waals surface area contributed by atoms with Gasteiger partial charge in [0.25, 0.3) is 0 Å². The van der Waals surface area contributed by atoms with E-state index in [0.717, 1.165) is 5.56 Å². The Bertz CT molecular complexity index is 866. The highest BCUT2D eigenvalue weighted by atomic mass is 19.1. The molecule has 0 saturated carbocycles. The molecule has 2 aromatic carbocycles. The molecule has 0 bridgehead atoms. The molecule has 1 aliphatic rings. The van der Waals surface area contributed by atoms with Crippen molar-refractivity contribution < 1.29 is 18.7 Å². The Hall–Kier alpha value is -2.89. The van der Waals surface area contributed by atoms with Crippen molar-refractivity contribution >= 4 is 23.2 Å². The molecule has 136 valence electrons. The molecule has 3 rings (SSSR count). The summed E-state index contributed by atoms with van der Waals surface area (Å²) in [6.07, 6.45) is 0.108. The fraction of sp³-hybridized carbons (Fsp3) is 0.300. The highest BCUT2D eigenvalue weighted by Crippen LogP contribution is 2.34. The van der Waals surface area contributed by atoms with E-state index in [-0.39, 0.29) is 30.6 Å². The zero-order chi connectivity index (χ0) is 18.8. The zero-order valence-corrected chi connectivity index (χ0v) is 15.0. The molecule has 2 aromatic rings. The van der Waals surface area contributed by atoms with Crippen molar-refractivity contribution in [3.8, 4) is 5.75 Å². The topological polar surface area (TPSA) is 58.6 Å². The maximum absolute atomic E-state index is 13.6. The summed E-state index contributed by atoms with van der Waals surface area (Å²) in [7, 11) is 1.55.